The maximum absolute atomic E-state index is 12.7. The second-order valence-electron chi connectivity index (χ2n) is 6.22. The summed E-state index contributed by atoms with van der Waals surface area (Å²) in [4.78, 5) is 28.7. The fraction of sp³-hybridized carbons (Fsp3) is 0.238. The first kappa shape index (κ1) is 19.0. The van der Waals surface area contributed by atoms with Crippen LogP contribution in [0.5, 0.6) is 5.75 Å². The van der Waals surface area contributed by atoms with E-state index in [2.05, 4.69) is 6.58 Å². The minimum absolute atomic E-state index is 0.0416. The Morgan fingerprint density at radius 2 is 1.56 bits per heavy atom. The topological polar surface area (TPSA) is 49.9 Å². The Kier molecular flexibility index (Phi) is 6.14. The zero-order valence-corrected chi connectivity index (χ0v) is 15.7. The molecule has 0 unspecified atom stereocenters. The van der Waals surface area contributed by atoms with E-state index >= 15 is 0 Å². The van der Waals surface area contributed by atoms with Gasteiger partial charge in [-0.05, 0) is 42.5 Å². The summed E-state index contributed by atoms with van der Waals surface area (Å²) in [5.41, 5.74) is 1.17. The van der Waals surface area contributed by atoms with Crippen molar-refractivity contribution in [1.82, 2.24) is 9.80 Å². The van der Waals surface area contributed by atoms with Gasteiger partial charge in [0, 0.05) is 42.3 Å². The van der Waals surface area contributed by atoms with Crippen LogP contribution in [0.3, 0.4) is 0 Å². The van der Waals surface area contributed by atoms with Gasteiger partial charge in [-0.3, -0.25) is 9.59 Å². The number of hydrogen-bond donors (Lipinski definition) is 0. The predicted molar refractivity (Wildman–Crippen MR) is 105 cm³/mol. The minimum Gasteiger partial charge on any atom is -0.490 e. The second-order valence-corrected chi connectivity index (χ2v) is 6.66. The van der Waals surface area contributed by atoms with Gasteiger partial charge in [0.05, 0.1) is 0 Å². The standard InChI is InChI=1S/C21H21ClN2O3/c1-2-14-27-19-8-6-16(7-9-19)20(25)23-10-12-24(13-11-23)21(26)17-4-3-5-18(22)15-17/h2-9,15H,1,10-14H2. The van der Waals surface area contributed by atoms with Crippen molar-refractivity contribution in [3.05, 3.63) is 77.3 Å². The van der Waals surface area contributed by atoms with Crippen LogP contribution in [0, 0.1) is 0 Å². The van der Waals surface area contributed by atoms with Gasteiger partial charge < -0.3 is 14.5 Å². The van der Waals surface area contributed by atoms with Crippen molar-refractivity contribution in [2.45, 2.75) is 0 Å². The normalized spacial score (nSPS) is 14.0. The number of nitrogens with zero attached hydrogens (tertiary/aromatic N) is 2. The summed E-state index contributed by atoms with van der Waals surface area (Å²) in [5, 5.41) is 0.537. The number of benzene rings is 2. The van der Waals surface area contributed by atoms with Gasteiger partial charge in [-0.1, -0.05) is 30.3 Å². The van der Waals surface area contributed by atoms with Gasteiger partial charge in [0.25, 0.3) is 11.8 Å². The van der Waals surface area contributed by atoms with Crippen LogP contribution in [0.4, 0.5) is 0 Å². The molecule has 1 heterocycles. The molecule has 27 heavy (non-hydrogen) atoms. The molecule has 0 atom stereocenters. The van der Waals surface area contributed by atoms with Crippen LogP contribution >= 0.6 is 11.6 Å². The molecule has 1 aliphatic rings. The van der Waals surface area contributed by atoms with E-state index in [1.54, 1.807) is 64.4 Å². The second kappa shape index (κ2) is 8.73. The Balaban J connectivity index is 1.57. The summed E-state index contributed by atoms with van der Waals surface area (Å²) >= 11 is 5.96. The average molecular weight is 385 g/mol. The first-order valence-electron chi connectivity index (χ1n) is 8.76. The van der Waals surface area contributed by atoms with Crippen molar-refractivity contribution in [3.63, 3.8) is 0 Å². The summed E-state index contributed by atoms with van der Waals surface area (Å²) in [7, 11) is 0. The lowest BCUT2D eigenvalue weighted by Crippen LogP contribution is -2.50. The lowest BCUT2D eigenvalue weighted by molar-refractivity contribution is 0.0535. The molecule has 2 aromatic rings. The third kappa shape index (κ3) is 4.68. The minimum atomic E-state index is -0.0617. The van der Waals surface area contributed by atoms with Gasteiger partial charge in [-0.15, -0.1) is 0 Å². The molecule has 0 N–H and O–H groups in total. The molecular weight excluding hydrogens is 364 g/mol. The highest BCUT2D eigenvalue weighted by Gasteiger charge is 2.25. The van der Waals surface area contributed by atoms with Gasteiger partial charge in [0.1, 0.15) is 12.4 Å². The molecule has 2 aromatic carbocycles. The van der Waals surface area contributed by atoms with Crippen molar-refractivity contribution in [1.29, 1.82) is 0 Å². The zero-order chi connectivity index (χ0) is 19.2. The summed E-state index contributed by atoms with van der Waals surface area (Å²) < 4.78 is 5.43. The van der Waals surface area contributed by atoms with Gasteiger partial charge in [-0.25, -0.2) is 0 Å². The number of ether oxygens (including phenoxy) is 1. The molecule has 140 valence electrons. The summed E-state index contributed by atoms with van der Waals surface area (Å²) in [6.45, 7) is 6.03. The lowest BCUT2D eigenvalue weighted by Gasteiger charge is -2.35. The molecule has 0 bridgehead atoms. The predicted octanol–water partition coefficient (Wildman–Crippen LogP) is 3.50. The number of amides is 2. The first-order chi connectivity index (χ1) is 13.1. The van der Waals surface area contributed by atoms with E-state index in [1.165, 1.54) is 0 Å². The van der Waals surface area contributed by atoms with E-state index in [-0.39, 0.29) is 11.8 Å². The van der Waals surface area contributed by atoms with Crippen molar-refractivity contribution >= 4 is 23.4 Å². The van der Waals surface area contributed by atoms with Crippen LogP contribution in [0.15, 0.2) is 61.2 Å². The van der Waals surface area contributed by atoms with E-state index in [4.69, 9.17) is 16.3 Å². The summed E-state index contributed by atoms with van der Waals surface area (Å²) in [6, 6.07) is 14.0. The summed E-state index contributed by atoms with van der Waals surface area (Å²) in [6.07, 6.45) is 1.67. The average Bonchev–Trinajstić information content (AvgIpc) is 2.71. The number of hydrogen-bond acceptors (Lipinski definition) is 3. The van der Waals surface area contributed by atoms with Crippen LogP contribution in [-0.2, 0) is 0 Å². The van der Waals surface area contributed by atoms with E-state index in [1.807, 2.05) is 0 Å². The highest BCUT2D eigenvalue weighted by molar-refractivity contribution is 6.30. The molecule has 1 saturated heterocycles. The fourth-order valence-electron chi connectivity index (χ4n) is 2.95. The molecule has 6 heteroatoms. The van der Waals surface area contributed by atoms with Crippen molar-refractivity contribution in [3.8, 4) is 5.75 Å². The quantitative estimate of drug-likeness (QED) is 0.741. The van der Waals surface area contributed by atoms with Crippen molar-refractivity contribution in [2.24, 2.45) is 0 Å². The maximum atomic E-state index is 12.7. The molecule has 1 aliphatic heterocycles. The monoisotopic (exact) mass is 384 g/mol. The molecule has 1 fully saturated rings. The van der Waals surface area contributed by atoms with Gasteiger partial charge in [-0.2, -0.15) is 0 Å². The van der Waals surface area contributed by atoms with Crippen LogP contribution < -0.4 is 4.74 Å². The van der Waals surface area contributed by atoms with Gasteiger partial charge in [0.15, 0.2) is 0 Å². The van der Waals surface area contributed by atoms with Crippen molar-refractivity contribution < 1.29 is 14.3 Å². The molecule has 2 amide bonds. The molecule has 0 spiro atoms. The Morgan fingerprint density at radius 3 is 2.11 bits per heavy atom. The lowest BCUT2D eigenvalue weighted by atomic mass is 10.1. The number of carbonyl (C=O) groups excluding carboxylic acids is 2. The molecule has 0 radical (unpaired) electrons. The van der Waals surface area contributed by atoms with E-state index in [9.17, 15) is 9.59 Å². The molecule has 5 nitrogen and oxygen atoms in total. The SMILES string of the molecule is C=CCOc1ccc(C(=O)N2CCN(C(=O)c3cccc(Cl)c3)CC2)cc1. The Morgan fingerprint density at radius 1 is 0.963 bits per heavy atom. The highest BCUT2D eigenvalue weighted by atomic mass is 35.5. The molecular formula is C21H21ClN2O3. The number of halogens is 1. The van der Waals surface area contributed by atoms with E-state index in [0.717, 1.165) is 0 Å². The number of piperazine rings is 1. The Hall–Kier alpha value is -2.79. The van der Waals surface area contributed by atoms with Gasteiger partial charge in [0.2, 0.25) is 0 Å². The smallest absolute Gasteiger partial charge is 0.254 e. The van der Waals surface area contributed by atoms with E-state index < -0.39 is 0 Å². The number of rotatable bonds is 5. The molecule has 3 rings (SSSR count). The Labute approximate surface area is 163 Å². The van der Waals surface area contributed by atoms with Crippen molar-refractivity contribution in [2.75, 3.05) is 32.8 Å². The van der Waals surface area contributed by atoms with Crippen LogP contribution in [0.1, 0.15) is 20.7 Å². The highest BCUT2D eigenvalue weighted by Crippen LogP contribution is 2.17. The third-order valence-corrected chi connectivity index (χ3v) is 4.63. The zero-order valence-electron chi connectivity index (χ0n) is 14.9. The largest absolute Gasteiger partial charge is 0.490 e. The Bertz CT molecular complexity index is 828. The van der Waals surface area contributed by atoms with Crippen LogP contribution in [0.25, 0.3) is 0 Å². The van der Waals surface area contributed by atoms with Gasteiger partial charge >= 0.3 is 0 Å². The maximum Gasteiger partial charge on any atom is 0.254 e. The molecule has 0 aliphatic carbocycles. The third-order valence-electron chi connectivity index (χ3n) is 4.39. The number of carbonyl (C=O) groups is 2. The van der Waals surface area contributed by atoms with Crippen LogP contribution in [0.2, 0.25) is 5.02 Å². The van der Waals surface area contributed by atoms with Crippen LogP contribution in [-0.4, -0.2) is 54.4 Å². The molecule has 0 aromatic heterocycles. The molecule has 0 saturated carbocycles. The fourth-order valence-corrected chi connectivity index (χ4v) is 3.14. The van der Waals surface area contributed by atoms with E-state index in [0.29, 0.717) is 54.7 Å². The summed E-state index contributed by atoms with van der Waals surface area (Å²) in [5.74, 6) is 0.594. The first-order valence-corrected chi connectivity index (χ1v) is 9.14.